The second-order valence-corrected chi connectivity index (χ2v) is 4.49. The van der Waals surface area contributed by atoms with Crippen molar-refractivity contribution in [2.24, 2.45) is 5.10 Å². The van der Waals surface area contributed by atoms with E-state index in [0.717, 1.165) is 11.3 Å². The van der Waals surface area contributed by atoms with E-state index in [1.54, 1.807) is 35.4 Å². The van der Waals surface area contributed by atoms with Crippen molar-refractivity contribution in [1.29, 1.82) is 0 Å². The predicted octanol–water partition coefficient (Wildman–Crippen LogP) is 2.03. The van der Waals surface area contributed by atoms with E-state index in [4.69, 9.17) is 0 Å². The van der Waals surface area contributed by atoms with Crippen molar-refractivity contribution in [2.75, 3.05) is 0 Å². The number of amides is 1. The van der Waals surface area contributed by atoms with E-state index >= 15 is 0 Å². The summed E-state index contributed by atoms with van der Waals surface area (Å²) in [5.41, 5.74) is 4.66. The fraction of sp³-hybridized carbons (Fsp3) is 0. The molecule has 0 atom stereocenters. The van der Waals surface area contributed by atoms with Gasteiger partial charge in [0.1, 0.15) is 0 Å². The van der Waals surface area contributed by atoms with Gasteiger partial charge in [0, 0.05) is 24.2 Å². The summed E-state index contributed by atoms with van der Waals surface area (Å²) < 4.78 is 1.74. The molecule has 0 spiro atoms. The van der Waals surface area contributed by atoms with Gasteiger partial charge < -0.3 is 0 Å². The van der Waals surface area contributed by atoms with E-state index in [9.17, 15) is 4.79 Å². The van der Waals surface area contributed by atoms with Crippen LogP contribution in [0.1, 0.15) is 15.9 Å². The summed E-state index contributed by atoms with van der Waals surface area (Å²) in [5, 5.41) is 8.16. The van der Waals surface area contributed by atoms with Gasteiger partial charge in [-0.1, -0.05) is 18.2 Å². The lowest BCUT2D eigenvalue weighted by Crippen LogP contribution is -2.17. The van der Waals surface area contributed by atoms with Gasteiger partial charge in [0.05, 0.1) is 23.7 Å². The van der Waals surface area contributed by atoms with E-state index in [0.29, 0.717) is 5.56 Å². The lowest BCUT2D eigenvalue weighted by atomic mass is 10.3. The number of nitrogens with one attached hydrogen (secondary N) is 1. The van der Waals surface area contributed by atoms with Gasteiger partial charge in [-0.3, -0.25) is 9.78 Å². The van der Waals surface area contributed by atoms with Crippen molar-refractivity contribution < 1.29 is 4.79 Å². The lowest BCUT2D eigenvalue weighted by molar-refractivity contribution is 0.0955. The standard InChI is InChI=1S/C16H13N5O/c22-16(14-5-4-8-17-11-14)20-18-9-13-10-19-21(12-13)15-6-2-1-3-7-15/h1-12H,(H,20,22)/b18-9+. The number of carbonyl (C=O) groups excluding carboxylic acids is 1. The average molecular weight is 291 g/mol. The fourth-order valence-corrected chi connectivity index (χ4v) is 1.85. The minimum Gasteiger partial charge on any atom is -0.267 e. The molecule has 0 radical (unpaired) electrons. The smallest absolute Gasteiger partial charge is 0.267 e. The second kappa shape index (κ2) is 6.45. The largest absolute Gasteiger partial charge is 0.272 e. The van der Waals surface area contributed by atoms with E-state index in [-0.39, 0.29) is 5.91 Å². The Bertz CT molecular complexity index is 781. The van der Waals surface area contributed by atoms with Gasteiger partial charge in [-0.25, -0.2) is 10.1 Å². The van der Waals surface area contributed by atoms with Crippen LogP contribution in [0.5, 0.6) is 0 Å². The van der Waals surface area contributed by atoms with Crippen molar-refractivity contribution in [2.45, 2.75) is 0 Å². The first-order chi connectivity index (χ1) is 10.8. The average Bonchev–Trinajstić information content (AvgIpc) is 3.05. The van der Waals surface area contributed by atoms with Crippen LogP contribution in [0.2, 0.25) is 0 Å². The zero-order valence-corrected chi connectivity index (χ0v) is 11.6. The summed E-state index contributed by atoms with van der Waals surface area (Å²) in [6, 6.07) is 13.1. The molecule has 108 valence electrons. The van der Waals surface area contributed by atoms with Crippen LogP contribution in [0.3, 0.4) is 0 Å². The highest BCUT2D eigenvalue weighted by molar-refractivity contribution is 5.94. The Morgan fingerprint density at radius 3 is 2.77 bits per heavy atom. The van der Waals surface area contributed by atoms with Crippen LogP contribution in [0.25, 0.3) is 5.69 Å². The Labute approximate surface area is 127 Å². The molecule has 1 N–H and O–H groups in total. The Morgan fingerprint density at radius 2 is 2.00 bits per heavy atom. The molecule has 6 heteroatoms. The summed E-state index contributed by atoms with van der Waals surface area (Å²) in [6.07, 6.45) is 8.14. The maximum absolute atomic E-state index is 11.8. The van der Waals surface area contributed by atoms with Gasteiger partial charge in [0.15, 0.2) is 0 Å². The van der Waals surface area contributed by atoms with Crippen LogP contribution >= 0.6 is 0 Å². The summed E-state index contributed by atoms with van der Waals surface area (Å²) >= 11 is 0. The molecular weight excluding hydrogens is 278 g/mol. The molecule has 2 aromatic heterocycles. The monoisotopic (exact) mass is 291 g/mol. The van der Waals surface area contributed by atoms with Gasteiger partial charge in [-0.2, -0.15) is 10.2 Å². The van der Waals surface area contributed by atoms with Crippen molar-refractivity contribution in [3.05, 3.63) is 78.4 Å². The molecule has 1 aromatic carbocycles. The molecule has 1 amide bonds. The molecule has 2 heterocycles. The van der Waals surface area contributed by atoms with Crippen molar-refractivity contribution in [3.63, 3.8) is 0 Å². The van der Waals surface area contributed by atoms with E-state index < -0.39 is 0 Å². The van der Waals surface area contributed by atoms with Crippen LogP contribution in [0.4, 0.5) is 0 Å². The first kappa shape index (κ1) is 13.7. The van der Waals surface area contributed by atoms with Gasteiger partial charge in [0.25, 0.3) is 5.91 Å². The maximum atomic E-state index is 11.8. The molecule has 0 aliphatic rings. The Kier molecular flexibility index (Phi) is 4.01. The first-order valence-electron chi connectivity index (χ1n) is 6.66. The molecule has 22 heavy (non-hydrogen) atoms. The summed E-state index contributed by atoms with van der Waals surface area (Å²) in [4.78, 5) is 15.7. The molecule has 0 unspecified atom stereocenters. The number of benzene rings is 1. The van der Waals surface area contributed by atoms with E-state index in [1.807, 2.05) is 36.5 Å². The number of carbonyl (C=O) groups is 1. The van der Waals surface area contributed by atoms with Crippen LogP contribution in [0, 0.1) is 0 Å². The molecule has 0 fully saturated rings. The number of nitrogens with zero attached hydrogens (tertiary/aromatic N) is 4. The number of hydrogen-bond acceptors (Lipinski definition) is 4. The third kappa shape index (κ3) is 3.24. The fourth-order valence-electron chi connectivity index (χ4n) is 1.85. The Hall–Kier alpha value is -3.28. The second-order valence-electron chi connectivity index (χ2n) is 4.49. The Morgan fingerprint density at radius 1 is 1.14 bits per heavy atom. The van der Waals surface area contributed by atoms with Gasteiger partial charge in [-0.05, 0) is 24.3 Å². The molecule has 3 aromatic rings. The molecule has 0 saturated heterocycles. The number of hydrogen-bond donors (Lipinski definition) is 1. The highest BCUT2D eigenvalue weighted by Gasteiger charge is 2.03. The number of para-hydroxylation sites is 1. The van der Waals surface area contributed by atoms with Crippen molar-refractivity contribution in [3.8, 4) is 5.69 Å². The summed E-state index contributed by atoms with van der Waals surface area (Å²) in [6.45, 7) is 0. The maximum Gasteiger partial charge on any atom is 0.272 e. The first-order valence-corrected chi connectivity index (χ1v) is 6.66. The lowest BCUT2D eigenvalue weighted by Gasteiger charge is -1.98. The molecule has 0 aliphatic heterocycles. The topological polar surface area (TPSA) is 72.2 Å². The zero-order valence-electron chi connectivity index (χ0n) is 11.6. The minimum atomic E-state index is -0.306. The van der Waals surface area contributed by atoms with Gasteiger partial charge >= 0.3 is 0 Å². The number of rotatable bonds is 4. The van der Waals surface area contributed by atoms with Crippen LogP contribution in [-0.4, -0.2) is 26.9 Å². The molecule has 0 aliphatic carbocycles. The van der Waals surface area contributed by atoms with Gasteiger partial charge in [-0.15, -0.1) is 0 Å². The van der Waals surface area contributed by atoms with Crippen LogP contribution < -0.4 is 5.43 Å². The van der Waals surface area contributed by atoms with Gasteiger partial charge in [0.2, 0.25) is 0 Å². The van der Waals surface area contributed by atoms with Crippen molar-refractivity contribution >= 4 is 12.1 Å². The molecule has 3 rings (SSSR count). The zero-order chi connectivity index (χ0) is 15.2. The van der Waals surface area contributed by atoms with Crippen LogP contribution in [-0.2, 0) is 0 Å². The molecule has 6 nitrogen and oxygen atoms in total. The SMILES string of the molecule is O=C(N/N=C/c1cnn(-c2ccccc2)c1)c1cccnc1. The van der Waals surface area contributed by atoms with Crippen LogP contribution in [0.15, 0.2) is 72.4 Å². The normalized spacial score (nSPS) is 10.7. The predicted molar refractivity (Wildman–Crippen MR) is 82.9 cm³/mol. The highest BCUT2D eigenvalue weighted by Crippen LogP contribution is 2.06. The minimum absolute atomic E-state index is 0.306. The number of aromatic nitrogens is 3. The third-order valence-corrected chi connectivity index (χ3v) is 2.93. The Balaban J connectivity index is 1.64. The van der Waals surface area contributed by atoms with E-state index in [2.05, 4.69) is 20.6 Å². The van der Waals surface area contributed by atoms with Crippen molar-refractivity contribution in [1.82, 2.24) is 20.2 Å². The quantitative estimate of drug-likeness (QED) is 0.590. The molecule has 0 bridgehead atoms. The molecule has 0 saturated carbocycles. The summed E-state index contributed by atoms with van der Waals surface area (Å²) in [7, 11) is 0. The highest BCUT2D eigenvalue weighted by atomic mass is 16.2. The third-order valence-electron chi connectivity index (χ3n) is 2.93. The van der Waals surface area contributed by atoms with E-state index in [1.165, 1.54) is 6.20 Å². The number of hydrazone groups is 1. The molecular formula is C16H13N5O. The number of pyridine rings is 1. The summed E-state index contributed by atoms with van der Waals surface area (Å²) in [5.74, 6) is -0.306.